The lowest BCUT2D eigenvalue weighted by Crippen LogP contribution is -2.40. The molecule has 3 nitrogen and oxygen atoms in total. The van der Waals surface area contributed by atoms with Crippen LogP contribution in [0.15, 0.2) is 18.2 Å². The van der Waals surface area contributed by atoms with Gasteiger partial charge in [-0.15, -0.1) is 0 Å². The van der Waals surface area contributed by atoms with E-state index in [1.807, 2.05) is 12.1 Å². The fourth-order valence-electron chi connectivity index (χ4n) is 2.55. The second-order valence-corrected chi connectivity index (χ2v) is 4.79. The van der Waals surface area contributed by atoms with Crippen LogP contribution in [-0.2, 0) is 0 Å². The second kappa shape index (κ2) is 3.98. The highest BCUT2D eigenvalue weighted by Gasteiger charge is 2.25. The van der Waals surface area contributed by atoms with Gasteiger partial charge in [0.1, 0.15) is 5.75 Å². The summed E-state index contributed by atoms with van der Waals surface area (Å²) < 4.78 is 5.67. The van der Waals surface area contributed by atoms with E-state index in [2.05, 4.69) is 11.0 Å². The minimum absolute atomic E-state index is 0.604. The molecule has 0 saturated carbocycles. The standard InChI is InChI=1S/C13H18N2O/c14-11-2-3-13-12(8-11)10(4-7-16-13)9-15-5-1-6-15/h2-3,8,10H,1,4-7,9,14H2. The average Bonchev–Trinajstić information content (AvgIpc) is 2.23. The van der Waals surface area contributed by atoms with Crippen molar-refractivity contribution in [1.82, 2.24) is 4.90 Å². The topological polar surface area (TPSA) is 38.5 Å². The van der Waals surface area contributed by atoms with Gasteiger partial charge in [0.25, 0.3) is 0 Å². The Hall–Kier alpha value is -1.22. The molecule has 1 aromatic rings. The molecule has 3 rings (SSSR count). The van der Waals surface area contributed by atoms with Gasteiger partial charge in [-0.25, -0.2) is 0 Å². The van der Waals surface area contributed by atoms with Crippen molar-refractivity contribution in [2.45, 2.75) is 18.8 Å². The van der Waals surface area contributed by atoms with Crippen LogP contribution in [-0.4, -0.2) is 31.1 Å². The van der Waals surface area contributed by atoms with Crippen molar-refractivity contribution in [2.75, 3.05) is 32.0 Å². The molecule has 1 unspecified atom stereocenters. The molecule has 1 saturated heterocycles. The highest BCUT2D eigenvalue weighted by Crippen LogP contribution is 2.35. The van der Waals surface area contributed by atoms with Crippen LogP contribution in [0.3, 0.4) is 0 Å². The van der Waals surface area contributed by atoms with Crippen molar-refractivity contribution in [3.63, 3.8) is 0 Å². The minimum Gasteiger partial charge on any atom is -0.493 e. The molecular formula is C13H18N2O. The Morgan fingerprint density at radius 1 is 1.38 bits per heavy atom. The molecule has 0 aromatic heterocycles. The number of hydrogen-bond acceptors (Lipinski definition) is 3. The van der Waals surface area contributed by atoms with Crippen molar-refractivity contribution in [3.05, 3.63) is 23.8 Å². The highest BCUT2D eigenvalue weighted by atomic mass is 16.5. The van der Waals surface area contributed by atoms with Gasteiger partial charge in [-0.3, -0.25) is 0 Å². The Labute approximate surface area is 96.2 Å². The number of benzene rings is 1. The Morgan fingerprint density at radius 2 is 2.25 bits per heavy atom. The van der Waals surface area contributed by atoms with E-state index >= 15 is 0 Å². The zero-order chi connectivity index (χ0) is 11.0. The smallest absolute Gasteiger partial charge is 0.122 e. The molecule has 2 heterocycles. The van der Waals surface area contributed by atoms with Crippen LogP contribution in [0.4, 0.5) is 5.69 Å². The van der Waals surface area contributed by atoms with E-state index in [1.165, 1.54) is 31.6 Å². The maximum absolute atomic E-state index is 5.85. The first-order valence-electron chi connectivity index (χ1n) is 6.07. The van der Waals surface area contributed by atoms with Crippen LogP contribution in [0.25, 0.3) is 0 Å². The Morgan fingerprint density at radius 3 is 3.00 bits per heavy atom. The van der Waals surface area contributed by atoms with E-state index < -0.39 is 0 Å². The summed E-state index contributed by atoms with van der Waals surface area (Å²) in [7, 11) is 0. The fraction of sp³-hybridized carbons (Fsp3) is 0.538. The van der Waals surface area contributed by atoms with Crippen LogP contribution >= 0.6 is 0 Å². The summed E-state index contributed by atoms with van der Waals surface area (Å²) >= 11 is 0. The van der Waals surface area contributed by atoms with Gasteiger partial charge in [0, 0.05) is 23.7 Å². The van der Waals surface area contributed by atoms with Gasteiger partial charge >= 0.3 is 0 Å². The molecule has 1 atom stereocenters. The molecule has 16 heavy (non-hydrogen) atoms. The molecule has 86 valence electrons. The van der Waals surface area contributed by atoms with Gasteiger partial charge in [0.2, 0.25) is 0 Å². The summed E-state index contributed by atoms with van der Waals surface area (Å²) in [6.45, 7) is 4.53. The Balaban J connectivity index is 1.83. The number of fused-ring (bicyclic) bond motifs is 1. The molecule has 0 aliphatic carbocycles. The highest BCUT2D eigenvalue weighted by molar-refractivity contribution is 5.50. The molecule has 1 fully saturated rings. The third-order valence-electron chi connectivity index (χ3n) is 3.62. The van der Waals surface area contributed by atoms with Gasteiger partial charge in [0.15, 0.2) is 0 Å². The van der Waals surface area contributed by atoms with Gasteiger partial charge in [0.05, 0.1) is 6.61 Å². The van der Waals surface area contributed by atoms with Crippen LogP contribution in [0.5, 0.6) is 5.75 Å². The molecule has 0 bridgehead atoms. The zero-order valence-electron chi connectivity index (χ0n) is 9.48. The molecule has 2 N–H and O–H groups in total. The summed E-state index contributed by atoms with van der Waals surface area (Å²) in [6, 6.07) is 6.01. The largest absolute Gasteiger partial charge is 0.493 e. The van der Waals surface area contributed by atoms with E-state index in [9.17, 15) is 0 Å². The maximum Gasteiger partial charge on any atom is 0.122 e. The van der Waals surface area contributed by atoms with E-state index in [1.54, 1.807) is 0 Å². The summed E-state index contributed by atoms with van der Waals surface area (Å²) in [6.07, 6.45) is 2.47. The van der Waals surface area contributed by atoms with Crippen molar-refractivity contribution in [3.8, 4) is 5.75 Å². The molecule has 1 aromatic carbocycles. The predicted molar refractivity (Wildman–Crippen MR) is 64.8 cm³/mol. The number of hydrogen-bond donors (Lipinski definition) is 1. The van der Waals surface area contributed by atoms with Gasteiger partial charge in [-0.05, 0) is 44.1 Å². The number of anilines is 1. The lowest BCUT2D eigenvalue weighted by atomic mass is 9.91. The number of nitrogen functional groups attached to an aromatic ring is 1. The monoisotopic (exact) mass is 218 g/mol. The number of ether oxygens (including phenoxy) is 1. The SMILES string of the molecule is Nc1ccc2c(c1)C(CN1CCC1)CCO2. The molecule has 0 radical (unpaired) electrons. The Bertz CT molecular complexity index is 388. The number of nitrogens with zero attached hydrogens (tertiary/aromatic N) is 1. The first-order valence-corrected chi connectivity index (χ1v) is 6.07. The molecular weight excluding hydrogens is 200 g/mol. The van der Waals surface area contributed by atoms with Crippen LogP contribution in [0.2, 0.25) is 0 Å². The van der Waals surface area contributed by atoms with Crippen molar-refractivity contribution in [1.29, 1.82) is 0 Å². The van der Waals surface area contributed by atoms with E-state index in [0.29, 0.717) is 5.92 Å². The van der Waals surface area contributed by atoms with E-state index in [0.717, 1.165) is 24.5 Å². The normalized spacial score (nSPS) is 24.4. The van der Waals surface area contributed by atoms with Crippen molar-refractivity contribution < 1.29 is 4.74 Å². The van der Waals surface area contributed by atoms with Gasteiger partial charge in [-0.2, -0.15) is 0 Å². The maximum atomic E-state index is 5.85. The summed E-state index contributed by atoms with van der Waals surface area (Å²) in [5.41, 5.74) is 8.00. The summed E-state index contributed by atoms with van der Waals surface area (Å²) in [5.74, 6) is 1.64. The molecule has 0 amide bonds. The lowest BCUT2D eigenvalue weighted by Gasteiger charge is -2.36. The molecule has 0 spiro atoms. The minimum atomic E-state index is 0.604. The third-order valence-corrected chi connectivity index (χ3v) is 3.62. The van der Waals surface area contributed by atoms with Gasteiger partial charge < -0.3 is 15.4 Å². The number of nitrogens with two attached hydrogens (primary N) is 1. The molecule has 2 aliphatic rings. The Kier molecular flexibility index (Phi) is 2.48. The third kappa shape index (κ3) is 1.76. The first-order chi connectivity index (χ1) is 7.83. The van der Waals surface area contributed by atoms with Crippen LogP contribution < -0.4 is 10.5 Å². The number of likely N-dealkylation sites (tertiary alicyclic amines) is 1. The van der Waals surface area contributed by atoms with Gasteiger partial charge in [-0.1, -0.05) is 0 Å². The lowest BCUT2D eigenvalue weighted by molar-refractivity contribution is 0.152. The quantitative estimate of drug-likeness (QED) is 0.770. The van der Waals surface area contributed by atoms with Crippen LogP contribution in [0, 0.1) is 0 Å². The van der Waals surface area contributed by atoms with E-state index in [-0.39, 0.29) is 0 Å². The molecule has 2 aliphatic heterocycles. The summed E-state index contributed by atoms with van der Waals surface area (Å²) in [5, 5.41) is 0. The number of rotatable bonds is 2. The molecule has 3 heteroatoms. The second-order valence-electron chi connectivity index (χ2n) is 4.79. The van der Waals surface area contributed by atoms with Crippen LogP contribution in [0.1, 0.15) is 24.3 Å². The van der Waals surface area contributed by atoms with Crippen molar-refractivity contribution >= 4 is 5.69 Å². The fourth-order valence-corrected chi connectivity index (χ4v) is 2.55. The first kappa shape index (κ1) is 9.97. The predicted octanol–water partition coefficient (Wildman–Crippen LogP) is 1.84. The van der Waals surface area contributed by atoms with E-state index in [4.69, 9.17) is 10.5 Å². The zero-order valence-corrected chi connectivity index (χ0v) is 9.48. The van der Waals surface area contributed by atoms with Crippen molar-refractivity contribution in [2.24, 2.45) is 0 Å². The summed E-state index contributed by atoms with van der Waals surface area (Å²) in [4.78, 5) is 2.52. The average molecular weight is 218 g/mol.